The van der Waals surface area contributed by atoms with Crippen molar-refractivity contribution in [3.63, 3.8) is 0 Å². The highest BCUT2D eigenvalue weighted by Crippen LogP contribution is 2.11. The number of anilines is 2. The van der Waals surface area contributed by atoms with Gasteiger partial charge in [0.05, 0.1) is 0 Å². The number of rotatable bonds is 5. The first-order chi connectivity index (χ1) is 7.60. The largest absolute Gasteiger partial charge is 0.368 e. The average Bonchev–Trinajstić information content (AvgIpc) is 2.60. The first-order valence-electron chi connectivity index (χ1n) is 4.52. The van der Waals surface area contributed by atoms with E-state index in [1.165, 1.54) is 4.68 Å². The Balaban J connectivity index is 3.00. The number of thiol groups is 1. The van der Waals surface area contributed by atoms with E-state index in [-0.39, 0.29) is 10.3 Å². The maximum Gasteiger partial charge on any atom is 0.247 e. The Kier molecular flexibility index (Phi) is 4.51. The van der Waals surface area contributed by atoms with Gasteiger partial charge in [0.2, 0.25) is 11.9 Å². The second kappa shape index (κ2) is 5.66. The molecule has 1 aromatic heterocycles. The van der Waals surface area contributed by atoms with Crippen LogP contribution in [0.4, 0.5) is 11.9 Å². The van der Waals surface area contributed by atoms with Gasteiger partial charge >= 0.3 is 0 Å². The molecule has 2 N–H and O–H groups in total. The lowest BCUT2D eigenvalue weighted by atomic mass is 10.5. The molecule has 0 bridgehead atoms. The van der Waals surface area contributed by atoms with Gasteiger partial charge in [-0.15, -0.1) is 30.9 Å². The van der Waals surface area contributed by atoms with E-state index in [2.05, 4.69) is 35.9 Å². The SMILES string of the molecule is C=CCN(CC=C)c1nc(N)n(C(=S)S)n1. The van der Waals surface area contributed by atoms with Crippen molar-refractivity contribution in [2.75, 3.05) is 23.7 Å². The Morgan fingerprint density at radius 1 is 1.50 bits per heavy atom. The Labute approximate surface area is 105 Å². The molecule has 0 aliphatic heterocycles. The van der Waals surface area contributed by atoms with Gasteiger partial charge in [-0.3, -0.25) is 0 Å². The number of hydrogen-bond acceptors (Lipinski definition) is 5. The van der Waals surface area contributed by atoms with Gasteiger partial charge in [-0.1, -0.05) is 24.4 Å². The topological polar surface area (TPSA) is 60.0 Å². The Morgan fingerprint density at radius 3 is 2.44 bits per heavy atom. The molecule has 1 heterocycles. The third kappa shape index (κ3) is 2.83. The van der Waals surface area contributed by atoms with Crippen LogP contribution in [0.1, 0.15) is 0 Å². The van der Waals surface area contributed by atoms with Crippen LogP contribution in [0.2, 0.25) is 0 Å². The molecule has 0 aromatic carbocycles. The van der Waals surface area contributed by atoms with Crippen LogP contribution >= 0.6 is 24.8 Å². The molecule has 0 radical (unpaired) electrons. The summed E-state index contributed by atoms with van der Waals surface area (Å²) in [6.45, 7) is 8.54. The van der Waals surface area contributed by atoms with Gasteiger partial charge in [0, 0.05) is 13.1 Å². The lowest BCUT2D eigenvalue weighted by Gasteiger charge is -2.16. The highest BCUT2D eigenvalue weighted by Gasteiger charge is 2.13. The summed E-state index contributed by atoms with van der Waals surface area (Å²) in [5.41, 5.74) is 5.65. The highest BCUT2D eigenvalue weighted by molar-refractivity contribution is 8.11. The molecule has 0 aliphatic rings. The molecule has 5 nitrogen and oxygen atoms in total. The van der Waals surface area contributed by atoms with Crippen LogP contribution in [0, 0.1) is 0 Å². The molecular formula is C9H13N5S2. The highest BCUT2D eigenvalue weighted by atomic mass is 32.1. The molecule has 0 aliphatic carbocycles. The summed E-state index contributed by atoms with van der Waals surface area (Å²) in [5.74, 6) is 0.696. The van der Waals surface area contributed by atoms with Crippen molar-refractivity contribution in [1.29, 1.82) is 0 Å². The summed E-state index contributed by atoms with van der Waals surface area (Å²) in [7, 11) is 0. The van der Waals surface area contributed by atoms with Crippen molar-refractivity contribution in [3.05, 3.63) is 25.3 Å². The van der Waals surface area contributed by atoms with Crippen molar-refractivity contribution in [3.8, 4) is 0 Å². The molecular weight excluding hydrogens is 242 g/mol. The van der Waals surface area contributed by atoms with Crippen LogP contribution in [0.25, 0.3) is 0 Å². The van der Waals surface area contributed by atoms with Crippen LogP contribution in [0.3, 0.4) is 0 Å². The van der Waals surface area contributed by atoms with Gasteiger partial charge < -0.3 is 10.6 Å². The molecule has 0 spiro atoms. The van der Waals surface area contributed by atoms with Crippen LogP contribution in [-0.2, 0) is 0 Å². The van der Waals surface area contributed by atoms with Gasteiger partial charge in [0.1, 0.15) is 0 Å². The predicted molar refractivity (Wildman–Crippen MR) is 74.0 cm³/mol. The Morgan fingerprint density at radius 2 is 2.06 bits per heavy atom. The number of nitrogens with zero attached hydrogens (tertiary/aromatic N) is 4. The number of nitrogens with two attached hydrogens (primary N) is 1. The van der Waals surface area contributed by atoms with Crippen LogP contribution in [0.15, 0.2) is 25.3 Å². The molecule has 0 saturated carbocycles. The van der Waals surface area contributed by atoms with E-state index < -0.39 is 0 Å². The third-order valence-corrected chi connectivity index (χ3v) is 2.15. The van der Waals surface area contributed by atoms with Crippen LogP contribution < -0.4 is 10.6 Å². The number of thiocarbonyl (C=S) groups is 1. The standard InChI is InChI=1S/C9H13N5S2/c1-3-5-13(6-4-2)8-11-7(10)14(12-8)9(15)16/h3-4H,1-2,5-6H2,(H,15,16)(H2,10,11,12). The minimum absolute atomic E-state index is 0.216. The normalized spacial score (nSPS) is 9.81. The van der Waals surface area contributed by atoms with Crippen molar-refractivity contribution in [2.24, 2.45) is 0 Å². The van der Waals surface area contributed by atoms with Crippen molar-refractivity contribution in [2.45, 2.75) is 0 Å². The summed E-state index contributed by atoms with van der Waals surface area (Å²) in [5, 5.41) is 4.14. The average molecular weight is 255 g/mol. The van der Waals surface area contributed by atoms with Crippen molar-refractivity contribution < 1.29 is 0 Å². The van der Waals surface area contributed by atoms with Crippen LogP contribution in [-0.4, -0.2) is 32.2 Å². The van der Waals surface area contributed by atoms with E-state index in [1.807, 2.05) is 4.90 Å². The molecule has 0 amide bonds. The fraction of sp³-hybridized carbons (Fsp3) is 0.222. The minimum atomic E-state index is 0.216. The van der Waals surface area contributed by atoms with E-state index in [0.717, 1.165) is 0 Å². The fourth-order valence-corrected chi connectivity index (χ4v) is 1.42. The predicted octanol–water partition coefficient (Wildman–Crippen LogP) is 1.10. The van der Waals surface area contributed by atoms with E-state index in [4.69, 9.17) is 18.0 Å². The van der Waals surface area contributed by atoms with Gasteiger partial charge in [-0.25, -0.2) is 0 Å². The monoisotopic (exact) mass is 255 g/mol. The first-order valence-corrected chi connectivity index (χ1v) is 5.38. The lowest BCUT2D eigenvalue weighted by molar-refractivity contribution is 0.874. The lowest BCUT2D eigenvalue weighted by Crippen LogP contribution is -2.24. The zero-order valence-electron chi connectivity index (χ0n) is 8.70. The van der Waals surface area contributed by atoms with Crippen molar-refractivity contribution in [1.82, 2.24) is 14.8 Å². The van der Waals surface area contributed by atoms with Gasteiger partial charge in [0.15, 0.2) is 4.32 Å². The molecule has 1 rings (SSSR count). The van der Waals surface area contributed by atoms with E-state index >= 15 is 0 Å². The van der Waals surface area contributed by atoms with Gasteiger partial charge in [-0.05, 0) is 0 Å². The summed E-state index contributed by atoms with van der Waals surface area (Å²) in [4.78, 5) is 5.95. The zero-order valence-corrected chi connectivity index (χ0v) is 10.4. The summed E-state index contributed by atoms with van der Waals surface area (Å²) in [6.07, 6.45) is 3.50. The third-order valence-electron chi connectivity index (χ3n) is 1.78. The van der Waals surface area contributed by atoms with Gasteiger partial charge in [-0.2, -0.15) is 9.67 Å². The Hall–Kier alpha value is -1.34. The number of hydrogen-bond donors (Lipinski definition) is 2. The molecule has 16 heavy (non-hydrogen) atoms. The molecule has 0 unspecified atom stereocenters. The quantitative estimate of drug-likeness (QED) is 0.469. The van der Waals surface area contributed by atoms with E-state index in [0.29, 0.717) is 19.0 Å². The maximum atomic E-state index is 5.65. The second-order valence-electron chi connectivity index (χ2n) is 2.95. The molecule has 86 valence electrons. The van der Waals surface area contributed by atoms with Gasteiger partial charge in [0.25, 0.3) is 0 Å². The summed E-state index contributed by atoms with van der Waals surface area (Å²) >= 11 is 8.86. The molecule has 0 fully saturated rings. The molecule has 0 atom stereocenters. The van der Waals surface area contributed by atoms with Crippen molar-refractivity contribution >= 4 is 41.1 Å². The minimum Gasteiger partial charge on any atom is -0.368 e. The van der Waals surface area contributed by atoms with E-state index in [1.54, 1.807) is 12.2 Å². The maximum absolute atomic E-state index is 5.65. The van der Waals surface area contributed by atoms with Crippen LogP contribution in [0.5, 0.6) is 0 Å². The van der Waals surface area contributed by atoms with E-state index in [9.17, 15) is 0 Å². The zero-order chi connectivity index (χ0) is 12.1. The first kappa shape index (κ1) is 12.7. The number of aromatic nitrogens is 3. The molecule has 7 heteroatoms. The fourth-order valence-electron chi connectivity index (χ4n) is 1.14. The summed E-state index contributed by atoms with van der Waals surface area (Å²) < 4.78 is 1.56. The second-order valence-corrected chi connectivity index (χ2v) is 4.06. The number of nitrogen functional groups attached to an aromatic ring is 1. The molecule has 0 saturated heterocycles. The Bertz CT molecular complexity index is 402. The molecule has 1 aromatic rings. The smallest absolute Gasteiger partial charge is 0.247 e. The summed E-state index contributed by atoms with van der Waals surface area (Å²) in [6, 6.07) is 0.